The van der Waals surface area contributed by atoms with Gasteiger partial charge in [0.2, 0.25) is 0 Å². The largest absolute Gasteiger partial charge is 0.489 e. The van der Waals surface area contributed by atoms with Gasteiger partial charge in [-0.25, -0.2) is 9.18 Å². The lowest BCUT2D eigenvalue weighted by Gasteiger charge is -2.23. The van der Waals surface area contributed by atoms with Crippen molar-refractivity contribution < 1.29 is 28.2 Å². The summed E-state index contributed by atoms with van der Waals surface area (Å²) in [7, 11) is 3.10. The van der Waals surface area contributed by atoms with Crippen LogP contribution in [0, 0.1) is 5.82 Å². The fourth-order valence-electron chi connectivity index (χ4n) is 4.98. The normalized spacial score (nSPS) is 11.0. The van der Waals surface area contributed by atoms with Crippen molar-refractivity contribution in [2.45, 2.75) is 38.8 Å². The molecule has 9 heteroatoms. The molecule has 0 saturated carbocycles. The minimum Gasteiger partial charge on any atom is -0.489 e. The van der Waals surface area contributed by atoms with Crippen LogP contribution in [0.5, 0.6) is 5.75 Å². The van der Waals surface area contributed by atoms with E-state index in [9.17, 15) is 14.0 Å². The predicted molar refractivity (Wildman–Crippen MR) is 178 cm³/mol. The van der Waals surface area contributed by atoms with Crippen molar-refractivity contribution in [1.82, 2.24) is 10.2 Å². The number of methoxy groups -OCH3 is 1. The van der Waals surface area contributed by atoms with Crippen LogP contribution in [0.1, 0.15) is 46.3 Å². The zero-order chi connectivity index (χ0) is 32.7. The Bertz CT molecular complexity index is 1560. The molecule has 242 valence electrons. The van der Waals surface area contributed by atoms with Gasteiger partial charge in [-0.3, -0.25) is 15.0 Å². The number of unbranched alkanes of at least 4 members (excludes halogenated alkanes) is 1. The van der Waals surface area contributed by atoms with Gasteiger partial charge in [0.15, 0.2) is 0 Å². The highest BCUT2D eigenvalue weighted by Gasteiger charge is 2.12. The second kappa shape index (κ2) is 18.0. The molecule has 0 aliphatic carbocycles. The molecule has 0 fully saturated rings. The Hall–Kier alpha value is -4.24. The monoisotopic (exact) mass is 646 g/mol. The zero-order valence-corrected chi connectivity index (χ0v) is 27.0. The van der Waals surface area contributed by atoms with Gasteiger partial charge < -0.3 is 14.2 Å². The molecule has 0 aromatic heterocycles. The van der Waals surface area contributed by atoms with E-state index >= 15 is 0 Å². The highest BCUT2D eigenvalue weighted by atomic mass is 35.5. The van der Waals surface area contributed by atoms with Crippen LogP contribution in [0.4, 0.5) is 4.39 Å². The molecular formula is C37H40ClFN2O5. The standard InChI is InChI=1S/C37H40ClFN2O5/c1-40-26-46-36(42)9-5-6-21-41(24-27-10-16-31(17-11-27)37(43)44-2)22-20-30-7-3-4-8-35(30)45-25-28-12-14-29(15-13-28)32-18-19-34(39)33(38)23-32/h3-4,7-8,10-19,23,40H,5-6,9,20-22,24-26H2,1-2H3. The summed E-state index contributed by atoms with van der Waals surface area (Å²) in [6, 6.07) is 28.1. The second-order valence-corrected chi connectivity index (χ2v) is 11.3. The van der Waals surface area contributed by atoms with Crippen molar-refractivity contribution in [3.63, 3.8) is 0 Å². The summed E-state index contributed by atoms with van der Waals surface area (Å²) in [6.07, 6.45) is 2.71. The number of hydrogen-bond donors (Lipinski definition) is 1. The first-order valence-corrected chi connectivity index (χ1v) is 15.7. The van der Waals surface area contributed by atoms with E-state index in [2.05, 4.69) is 16.3 Å². The molecular weight excluding hydrogens is 607 g/mol. The highest BCUT2D eigenvalue weighted by Crippen LogP contribution is 2.26. The molecule has 0 radical (unpaired) electrons. The van der Waals surface area contributed by atoms with Gasteiger partial charge in [-0.1, -0.05) is 72.3 Å². The molecule has 0 spiro atoms. The van der Waals surface area contributed by atoms with E-state index in [4.69, 9.17) is 25.8 Å². The molecule has 4 rings (SSSR count). The Morgan fingerprint density at radius 2 is 1.59 bits per heavy atom. The Kier molecular flexibility index (Phi) is 13.6. The molecule has 0 aliphatic rings. The van der Waals surface area contributed by atoms with Crippen molar-refractivity contribution in [3.8, 4) is 16.9 Å². The van der Waals surface area contributed by atoms with E-state index in [-0.39, 0.29) is 23.7 Å². The number of benzene rings is 4. The van der Waals surface area contributed by atoms with Gasteiger partial charge in [-0.15, -0.1) is 0 Å². The first-order chi connectivity index (χ1) is 22.4. The van der Waals surface area contributed by atoms with Crippen molar-refractivity contribution in [2.24, 2.45) is 0 Å². The van der Waals surface area contributed by atoms with E-state index in [1.165, 1.54) is 13.2 Å². The number of nitrogens with zero attached hydrogens (tertiary/aromatic N) is 1. The molecule has 0 atom stereocenters. The molecule has 0 unspecified atom stereocenters. The predicted octanol–water partition coefficient (Wildman–Crippen LogP) is 7.45. The van der Waals surface area contributed by atoms with Gasteiger partial charge in [0.1, 0.15) is 24.9 Å². The van der Waals surface area contributed by atoms with Crippen molar-refractivity contribution in [3.05, 3.63) is 124 Å². The summed E-state index contributed by atoms with van der Waals surface area (Å²) >= 11 is 5.96. The fourth-order valence-corrected chi connectivity index (χ4v) is 5.16. The van der Waals surface area contributed by atoms with E-state index in [0.717, 1.165) is 65.9 Å². The summed E-state index contributed by atoms with van der Waals surface area (Å²) in [5.41, 5.74) is 5.50. The maximum Gasteiger partial charge on any atom is 0.337 e. The molecule has 0 saturated heterocycles. The number of esters is 2. The number of ether oxygens (including phenoxy) is 3. The first kappa shape index (κ1) is 34.6. The zero-order valence-electron chi connectivity index (χ0n) is 26.3. The second-order valence-electron chi connectivity index (χ2n) is 10.9. The van der Waals surface area contributed by atoms with Crippen LogP contribution in [-0.4, -0.2) is 50.8 Å². The maximum absolute atomic E-state index is 13.6. The minimum absolute atomic E-state index is 0.0985. The third-order valence-corrected chi connectivity index (χ3v) is 7.82. The molecule has 7 nitrogen and oxygen atoms in total. The van der Waals surface area contributed by atoms with Gasteiger partial charge >= 0.3 is 11.9 Å². The number of carbonyl (C=O) groups is 2. The van der Waals surface area contributed by atoms with Crippen LogP contribution < -0.4 is 10.1 Å². The van der Waals surface area contributed by atoms with Gasteiger partial charge in [0.05, 0.1) is 17.7 Å². The van der Waals surface area contributed by atoms with Crippen molar-refractivity contribution >= 4 is 23.5 Å². The van der Waals surface area contributed by atoms with Gasteiger partial charge in [-0.2, -0.15) is 0 Å². The average molecular weight is 647 g/mol. The third-order valence-electron chi connectivity index (χ3n) is 7.54. The van der Waals surface area contributed by atoms with Gasteiger partial charge in [0, 0.05) is 19.5 Å². The van der Waals surface area contributed by atoms with Gasteiger partial charge in [0.25, 0.3) is 0 Å². The Morgan fingerprint density at radius 1 is 0.870 bits per heavy atom. The van der Waals surface area contributed by atoms with Gasteiger partial charge in [-0.05, 0) is 91.0 Å². The molecule has 46 heavy (non-hydrogen) atoms. The van der Waals surface area contributed by atoms with Crippen LogP contribution >= 0.6 is 11.6 Å². The van der Waals surface area contributed by atoms with E-state index in [1.807, 2.05) is 54.6 Å². The first-order valence-electron chi connectivity index (χ1n) is 15.3. The molecule has 4 aromatic carbocycles. The van der Waals surface area contributed by atoms with Crippen LogP contribution in [0.3, 0.4) is 0 Å². The number of carbonyl (C=O) groups excluding carboxylic acids is 2. The molecule has 1 N–H and O–H groups in total. The molecule has 0 bridgehead atoms. The lowest BCUT2D eigenvalue weighted by atomic mass is 10.0. The summed E-state index contributed by atoms with van der Waals surface area (Å²) in [4.78, 5) is 26.1. The quantitative estimate of drug-likeness (QED) is 0.0726. The summed E-state index contributed by atoms with van der Waals surface area (Å²) in [6.45, 7) is 2.89. The molecule has 0 heterocycles. The molecule has 4 aromatic rings. The highest BCUT2D eigenvalue weighted by molar-refractivity contribution is 6.31. The number of hydrogen-bond acceptors (Lipinski definition) is 7. The van der Waals surface area contributed by atoms with Crippen molar-refractivity contribution in [2.75, 3.05) is 34.0 Å². The van der Waals surface area contributed by atoms with Crippen LogP contribution in [0.2, 0.25) is 5.02 Å². The van der Waals surface area contributed by atoms with E-state index < -0.39 is 5.82 Å². The average Bonchev–Trinajstić information content (AvgIpc) is 3.08. The Morgan fingerprint density at radius 3 is 2.30 bits per heavy atom. The molecule has 0 aliphatic heterocycles. The Labute approximate surface area is 275 Å². The van der Waals surface area contributed by atoms with Crippen molar-refractivity contribution in [1.29, 1.82) is 0 Å². The van der Waals surface area contributed by atoms with Crippen LogP contribution in [0.25, 0.3) is 11.1 Å². The number of para-hydroxylation sites is 1. The maximum atomic E-state index is 13.6. The topological polar surface area (TPSA) is 77.1 Å². The lowest BCUT2D eigenvalue weighted by molar-refractivity contribution is -0.144. The van der Waals surface area contributed by atoms with Crippen LogP contribution in [0.15, 0.2) is 91.0 Å². The van der Waals surface area contributed by atoms with E-state index in [1.54, 1.807) is 31.3 Å². The Balaban J connectivity index is 1.37. The number of halogens is 2. The number of rotatable bonds is 17. The summed E-state index contributed by atoms with van der Waals surface area (Å²) in [5.74, 6) is -0.181. The lowest BCUT2D eigenvalue weighted by Crippen LogP contribution is -2.27. The minimum atomic E-state index is -0.436. The number of nitrogens with one attached hydrogen (secondary N) is 1. The van der Waals surface area contributed by atoms with Crippen LogP contribution in [-0.2, 0) is 33.8 Å². The SMILES string of the molecule is CNCOC(=O)CCCCN(CCc1ccccc1OCc1ccc(-c2ccc(F)c(Cl)c2)cc1)Cc1ccc(C(=O)OC)cc1. The smallest absolute Gasteiger partial charge is 0.337 e. The third kappa shape index (κ3) is 10.7. The van der Waals surface area contributed by atoms with E-state index in [0.29, 0.717) is 25.1 Å². The molecule has 0 amide bonds. The summed E-state index contributed by atoms with van der Waals surface area (Å²) < 4.78 is 29.8. The summed E-state index contributed by atoms with van der Waals surface area (Å²) in [5, 5.41) is 2.91. The fraction of sp³-hybridized carbons (Fsp3) is 0.297.